The number of aliphatic hydroxyl groups is 3. The van der Waals surface area contributed by atoms with E-state index >= 15 is 0 Å². The van der Waals surface area contributed by atoms with Gasteiger partial charge in [0.2, 0.25) is 5.91 Å². The molecule has 0 aromatic heterocycles. The monoisotopic (exact) mass is 856 g/mol. The number of allylic oxidation sites excluding steroid dienone is 7. The summed E-state index contributed by atoms with van der Waals surface area (Å²) in [5.74, 6) is -0.520. The summed E-state index contributed by atoms with van der Waals surface area (Å²) in [4.78, 5) is 12.5. The Morgan fingerprint density at radius 3 is 1.00 bits per heavy atom. The number of hydrogen-bond acceptors (Lipinski definition) is 4. The lowest BCUT2D eigenvalue weighted by molar-refractivity contribution is -0.131. The zero-order valence-electron chi connectivity index (χ0n) is 40.8. The zero-order chi connectivity index (χ0) is 44.4. The Hall–Kier alpha value is -1.69. The molecule has 0 saturated heterocycles. The number of rotatable bonds is 49. The molecule has 5 nitrogen and oxygen atoms in total. The molecule has 61 heavy (non-hydrogen) atoms. The van der Waals surface area contributed by atoms with Crippen LogP contribution in [0.3, 0.4) is 0 Å². The van der Waals surface area contributed by atoms with E-state index in [-0.39, 0.29) is 6.61 Å². The van der Waals surface area contributed by atoms with Crippen molar-refractivity contribution in [3.63, 3.8) is 0 Å². The second-order valence-electron chi connectivity index (χ2n) is 18.4. The SMILES string of the molecule is CCCCCCCCCCCCCC/C=C\CCCCCCCCC(O)C(=O)NC(CO)C(O)/C=C/CC/C=C/CC/C=C/CCCCCCCCCCCCCCCCC. The maximum absolute atomic E-state index is 12.5. The minimum atomic E-state index is -1.12. The molecule has 0 aliphatic rings. The summed E-state index contributed by atoms with van der Waals surface area (Å²) in [7, 11) is 0. The quantitative estimate of drug-likeness (QED) is 0.0362. The molecule has 0 aromatic carbocycles. The number of unbranched alkanes of at least 4 members (excludes halogenated alkanes) is 35. The van der Waals surface area contributed by atoms with Gasteiger partial charge in [-0.15, -0.1) is 0 Å². The van der Waals surface area contributed by atoms with Crippen molar-refractivity contribution in [1.82, 2.24) is 5.32 Å². The number of carbonyl (C=O) groups excluding carboxylic acids is 1. The second-order valence-corrected chi connectivity index (χ2v) is 18.4. The molecule has 358 valence electrons. The summed E-state index contributed by atoms with van der Waals surface area (Å²) in [6, 6.07) is -0.825. The first-order chi connectivity index (χ1) is 30.1. The summed E-state index contributed by atoms with van der Waals surface area (Å²) in [5.41, 5.74) is 0. The van der Waals surface area contributed by atoms with Gasteiger partial charge in [0.15, 0.2) is 0 Å². The van der Waals surface area contributed by atoms with Gasteiger partial charge >= 0.3 is 0 Å². The maximum atomic E-state index is 12.5. The standard InChI is InChI=1S/C56H105NO4/c1-3-5-7-9-11-13-15-17-19-21-23-25-27-28-29-31-32-34-36-38-40-42-44-46-48-50-54(59)53(52-58)57-56(61)55(60)51-49-47-45-43-41-39-37-35-33-30-26-24-22-20-18-16-14-12-10-8-6-4-2/h32-35,40,42,48,50,53-55,58-60H,3-31,36-39,41,43-47,49,51-52H2,1-2H3,(H,57,61)/b34-32+,35-33-,42-40+,50-48+. The summed E-state index contributed by atoms with van der Waals surface area (Å²) in [5, 5.41) is 33.3. The van der Waals surface area contributed by atoms with Gasteiger partial charge in [-0.1, -0.05) is 255 Å². The number of hydrogen-bond donors (Lipinski definition) is 4. The van der Waals surface area contributed by atoms with Crippen molar-refractivity contribution in [2.75, 3.05) is 6.61 Å². The predicted molar refractivity (Wildman–Crippen MR) is 268 cm³/mol. The molecule has 0 saturated carbocycles. The van der Waals surface area contributed by atoms with Crippen molar-refractivity contribution in [2.24, 2.45) is 0 Å². The van der Waals surface area contributed by atoms with Crippen LogP contribution >= 0.6 is 0 Å². The molecule has 0 aromatic rings. The van der Waals surface area contributed by atoms with E-state index in [9.17, 15) is 20.1 Å². The highest BCUT2D eigenvalue weighted by molar-refractivity contribution is 5.80. The van der Waals surface area contributed by atoms with Crippen LogP contribution in [0, 0.1) is 0 Å². The molecule has 5 heteroatoms. The van der Waals surface area contributed by atoms with Gasteiger partial charge in [-0.2, -0.15) is 0 Å². The molecule has 0 rings (SSSR count). The summed E-state index contributed by atoms with van der Waals surface area (Å²) >= 11 is 0. The first kappa shape index (κ1) is 59.3. The van der Waals surface area contributed by atoms with Gasteiger partial charge in [0.1, 0.15) is 6.10 Å². The predicted octanol–water partition coefficient (Wildman–Crippen LogP) is 16.4. The van der Waals surface area contributed by atoms with Gasteiger partial charge in [-0.3, -0.25) is 4.79 Å². The van der Waals surface area contributed by atoms with Crippen molar-refractivity contribution in [3.05, 3.63) is 48.6 Å². The zero-order valence-corrected chi connectivity index (χ0v) is 40.8. The number of amides is 1. The van der Waals surface area contributed by atoms with Crippen LogP contribution in [0.25, 0.3) is 0 Å². The van der Waals surface area contributed by atoms with Crippen LogP contribution in [0.2, 0.25) is 0 Å². The number of nitrogens with one attached hydrogen (secondary N) is 1. The first-order valence-corrected chi connectivity index (χ1v) is 27.0. The van der Waals surface area contributed by atoms with E-state index in [0.29, 0.717) is 6.42 Å². The third-order valence-electron chi connectivity index (χ3n) is 12.4. The molecule has 0 fully saturated rings. The molecular weight excluding hydrogens is 751 g/mol. The number of carbonyl (C=O) groups is 1. The summed E-state index contributed by atoms with van der Waals surface area (Å²) in [6.07, 6.45) is 67.5. The van der Waals surface area contributed by atoms with E-state index < -0.39 is 24.2 Å². The van der Waals surface area contributed by atoms with Crippen LogP contribution in [0.1, 0.15) is 277 Å². The first-order valence-electron chi connectivity index (χ1n) is 27.0. The van der Waals surface area contributed by atoms with Crippen molar-refractivity contribution >= 4 is 5.91 Å². The maximum Gasteiger partial charge on any atom is 0.249 e. The fourth-order valence-corrected chi connectivity index (χ4v) is 8.15. The highest BCUT2D eigenvalue weighted by atomic mass is 16.3. The number of aliphatic hydroxyl groups excluding tert-OH is 3. The van der Waals surface area contributed by atoms with Crippen molar-refractivity contribution in [3.8, 4) is 0 Å². The van der Waals surface area contributed by atoms with E-state index in [1.807, 2.05) is 6.08 Å². The van der Waals surface area contributed by atoms with Crippen LogP contribution in [0.5, 0.6) is 0 Å². The molecule has 3 unspecified atom stereocenters. The van der Waals surface area contributed by atoms with Gasteiger partial charge < -0.3 is 20.6 Å². The van der Waals surface area contributed by atoms with Crippen LogP contribution < -0.4 is 5.32 Å². The van der Waals surface area contributed by atoms with Gasteiger partial charge in [0, 0.05) is 0 Å². The van der Waals surface area contributed by atoms with E-state index in [0.717, 1.165) is 44.9 Å². The highest BCUT2D eigenvalue weighted by Gasteiger charge is 2.22. The molecule has 0 bridgehead atoms. The van der Waals surface area contributed by atoms with E-state index in [1.165, 1.54) is 212 Å². The van der Waals surface area contributed by atoms with Gasteiger partial charge in [-0.25, -0.2) is 0 Å². The minimum absolute atomic E-state index is 0.384. The molecule has 1 amide bonds. The average molecular weight is 856 g/mol. The van der Waals surface area contributed by atoms with Crippen molar-refractivity contribution in [2.45, 2.75) is 295 Å². The minimum Gasteiger partial charge on any atom is -0.394 e. The third kappa shape index (κ3) is 46.1. The molecule has 0 radical (unpaired) electrons. The van der Waals surface area contributed by atoms with E-state index in [1.54, 1.807) is 6.08 Å². The largest absolute Gasteiger partial charge is 0.394 e. The van der Waals surface area contributed by atoms with E-state index in [2.05, 4.69) is 55.6 Å². The molecule has 0 aliphatic heterocycles. The Labute approximate surface area is 380 Å². The normalized spacial score (nSPS) is 13.7. The fraction of sp³-hybridized carbons (Fsp3) is 0.839. The Kier molecular flexibility index (Phi) is 49.5. The van der Waals surface area contributed by atoms with Gasteiger partial charge in [-0.05, 0) is 70.6 Å². The lowest BCUT2D eigenvalue weighted by Gasteiger charge is -2.21. The second kappa shape index (κ2) is 50.9. The molecular formula is C56H105NO4. The molecule has 0 aliphatic carbocycles. The van der Waals surface area contributed by atoms with E-state index in [4.69, 9.17) is 0 Å². The topological polar surface area (TPSA) is 89.8 Å². The van der Waals surface area contributed by atoms with Gasteiger partial charge in [0.05, 0.1) is 18.8 Å². The molecule has 0 heterocycles. The highest BCUT2D eigenvalue weighted by Crippen LogP contribution is 2.16. The lowest BCUT2D eigenvalue weighted by Crippen LogP contribution is -2.48. The Morgan fingerprint density at radius 2 is 0.672 bits per heavy atom. The Balaban J connectivity index is 3.68. The smallest absolute Gasteiger partial charge is 0.249 e. The summed E-state index contributed by atoms with van der Waals surface area (Å²) < 4.78 is 0. The van der Waals surface area contributed by atoms with Crippen LogP contribution in [0.15, 0.2) is 48.6 Å². The van der Waals surface area contributed by atoms with Crippen LogP contribution in [-0.2, 0) is 4.79 Å². The van der Waals surface area contributed by atoms with Crippen LogP contribution in [-0.4, -0.2) is 46.1 Å². The molecule has 0 spiro atoms. The third-order valence-corrected chi connectivity index (χ3v) is 12.4. The molecule has 3 atom stereocenters. The van der Waals surface area contributed by atoms with Gasteiger partial charge in [0.25, 0.3) is 0 Å². The average Bonchev–Trinajstić information content (AvgIpc) is 3.26. The van der Waals surface area contributed by atoms with Crippen molar-refractivity contribution < 1.29 is 20.1 Å². The lowest BCUT2D eigenvalue weighted by atomic mass is 10.0. The summed E-state index contributed by atoms with van der Waals surface area (Å²) in [6.45, 7) is 4.19. The van der Waals surface area contributed by atoms with Crippen molar-refractivity contribution in [1.29, 1.82) is 0 Å². The molecule has 4 N–H and O–H groups in total. The van der Waals surface area contributed by atoms with Crippen LogP contribution in [0.4, 0.5) is 0 Å². The Morgan fingerprint density at radius 1 is 0.393 bits per heavy atom. The fourth-order valence-electron chi connectivity index (χ4n) is 8.15. The Bertz CT molecular complexity index is 989.